The fourth-order valence-corrected chi connectivity index (χ4v) is 9.00. The molecule has 4 saturated heterocycles. The highest BCUT2D eigenvalue weighted by Gasteiger charge is 2.44. The highest BCUT2D eigenvalue weighted by atomic mass is 16.4. The molecule has 4 aliphatic rings. The summed E-state index contributed by atoms with van der Waals surface area (Å²) in [6.07, 6.45) is 0.637. The summed E-state index contributed by atoms with van der Waals surface area (Å²) in [6.45, 7) is 5.47. The number of carboxylic acids is 2. The molecule has 4 aliphatic heterocycles. The molecule has 0 aromatic heterocycles. The van der Waals surface area contributed by atoms with E-state index < -0.39 is 163 Å². The first-order valence-electron chi connectivity index (χ1n) is 23.4. The van der Waals surface area contributed by atoms with Crippen LogP contribution in [0.3, 0.4) is 0 Å². The Morgan fingerprint density at radius 2 is 1.01 bits per heavy atom. The van der Waals surface area contributed by atoms with Crippen LogP contribution in [0.5, 0.6) is 0 Å². The van der Waals surface area contributed by atoms with Crippen LogP contribution >= 0.6 is 0 Å². The van der Waals surface area contributed by atoms with E-state index >= 15 is 0 Å². The summed E-state index contributed by atoms with van der Waals surface area (Å²) >= 11 is 0. The molecule has 0 aromatic rings. The number of nitrogens with one attached hydrogen (secondary N) is 6. The molecule has 0 spiro atoms. The van der Waals surface area contributed by atoms with Crippen LogP contribution in [0.1, 0.15) is 98.3 Å². The normalized spacial score (nSPS) is 22.4. The number of likely N-dealkylation sites (tertiary alicyclic amines) is 4. The van der Waals surface area contributed by atoms with Crippen molar-refractivity contribution in [3.8, 4) is 0 Å². The van der Waals surface area contributed by atoms with E-state index in [2.05, 4.69) is 31.9 Å². The molecule has 0 bridgehead atoms. The van der Waals surface area contributed by atoms with Crippen LogP contribution in [0.25, 0.3) is 0 Å². The highest BCUT2D eigenvalue weighted by molar-refractivity contribution is 5.99. The second kappa shape index (κ2) is 25.1. The zero-order chi connectivity index (χ0) is 52.1. The van der Waals surface area contributed by atoms with E-state index in [1.807, 2.05) is 0 Å². The van der Waals surface area contributed by atoms with Crippen LogP contribution in [0, 0.1) is 0 Å². The second-order valence-corrected chi connectivity index (χ2v) is 18.1. The summed E-state index contributed by atoms with van der Waals surface area (Å²) in [4.78, 5) is 173. The van der Waals surface area contributed by atoms with Gasteiger partial charge < -0.3 is 73.2 Å². The van der Waals surface area contributed by atoms with Crippen LogP contribution in [-0.2, 0) is 62.3 Å². The van der Waals surface area contributed by atoms with Gasteiger partial charge in [0.15, 0.2) is 0 Å². The lowest BCUT2D eigenvalue weighted by Crippen LogP contribution is -2.59. The molecule has 27 nitrogen and oxygen atoms in total. The lowest BCUT2D eigenvalue weighted by Gasteiger charge is -2.33. The van der Waals surface area contributed by atoms with Gasteiger partial charge in [-0.25, -0.2) is 0 Å². The van der Waals surface area contributed by atoms with Crippen LogP contribution in [0.15, 0.2) is 0 Å². The summed E-state index contributed by atoms with van der Waals surface area (Å²) in [7, 11) is 0. The molecule has 4 fully saturated rings. The summed E-state index contributed by atoms with van der Waals surface area (Å²) in [6, 6.07) is -11.6. The van der Waals surface area contributed by atoms with Gasteiger partial charge in [-0.1, -0.05) is 0 Å². The molecule has 4 rings (SSSR count). The average molecular weight is 991 g/mol. The monoisotopic (exact) mass is 990 g/mol. The van der Waals surface area contributed by atoms with Gasteiger partial charge in [0.2, 0.25) is 65.0 Å². The molecule has 0 saturated carbocycles. The third-order valence-corrected chi connectivity index (χ3v) is 12.7. The fraction of sp³-hybridized carbons (Fsp3) is 0.698. The van der Waals surface area contributed by atoms with E-state index in [-0.39, 0.29) is 32.5 Å². The van der Waals surface area contributed by atoms with Gasteiger partial charge in [0.05, 0.1) is 19.0 Å². The van der Waals surface area contributed by atoms with Crippen LogP contribution < -0.4 is 43.4 Å². The molecule has 12 N–H and O–H groups in total. The third kappa shape index (κ3) is 14.5. The van der Waals surface area contributed by atoms with Gasteiger partial charge >= 0.3 is 11.9 Å². The van der Waals surface area contributed by atoms with Gasteiger partial charge in [-0.3, -0.25) is 62.3 Å². The quantitative estimate of drug-likeness (QED) is 0.0484. The van der Waals surface area contributed by atoms with Crippen LogP contribution in [-0.4, -0.2) is 200 Å². The number of carboxylic acid groups (broad SMARTS) is 2. The molecule has 0 aliphatic carbocycles. The maximum Gasteiger partial charge on any atom is 0.305 e. The molecule has 10 atom stereocenters. The molecular weight excluding hydrogens is 925 g/mol. The maximum atomic E-state index is 14.1. The number of primary amides is 1. The zero-order valence-electron chi connectivity index (χ0n) is 39.7. The molecule has 0 aromatic carbocycles. The minimum Gasteiger partial charge on any atom is -0.481 e. The molecule has 0 unspecified atom stereocenters. The second-order valence-electron chi connectivity index (χ2n) is 18.1. The first kappa shape index (κ1) is 55.7. The van der Waals surface area contributed by atoms with E-state index in [4.69, 9.17) is 11.5 Å². The number of hydrogen-bond donors (Lipinski definition) is 10. The van der Waals surface area contributed by atoms with E-state index in [1.54, 1.807) is 0 Å². The van der Waals surface area contributed by atoms with Gasteiger partial charge in [-0.2, -0.15) is 0 Å². The van der Waals surface area contributed by atoms with Crippen molar-refractivity contribution < 1.29 is 72.5 Å². The molecule has 27 heteroatoms. The van der Waals surface area contributed by atoms with Gasteiger partial charge in [-0.05, 0) is 85.5 Å². The first-order valence-corrected chi connectivity index (χ1v) is 23.4. The SMILES string of the molecule is C[C@H](N)C(=O)N[C@@H](C)C(=O)N[C@@H](C)C(=O)N1CCC[C@H]1C(=O)NCC(=O)N[C@@H](CC(=O)O)C(=O)N[C@@H](CCC(=O)O)C(=O)N1CCC[C@H]1C(=O)N[C@@H](C)C(=O)N1CCC[C@H]1C(=O)N1CCC[C@H]1C(N)=O. The Kier molecular flexibility index (Phi) is 19.9. The van der Waals surface area contributed by atoms with E-state index in [0.717, 1.165) is 4.90 Å². The number of nitrogens with zero attached hydrogens (tertiary/aromatic N) is 4. The highest BCUT2D eigenvalue weighted by Crippen LogP contribution is 2.26. The predicted octanol–water partition coefficient (Wildman–Crippen LogP) is -5.28. The Morgan fingerprint density at radius 3 is 1.56 bits per heavy atom. The Morgan fingerprint density at radius 1 is 0.529 bits per heavy atom. The first-order chi connectivity index (χ1) is 32.9. The van der Waals surface area contributed by atoms with Crippen molar-refractivity contribution in [3.05, 3.63) is 0 Å². The van der Waals surface area contributed by atoms with Crippen molar-refractivity contribution in [1.82, 2.24) is 51.5 Å². The van der Waals surface area contributed by atoms with Crippen molar-refractivity contribution in [1.29, 1.82) is 0 Å². The van der Waals surface area contributed by atoms with Crippen molar-refractivity contribution in [3.63, 3.8) is 0 Å². The third-order valence-electron chi connectivity index (χ3n) is 12.7. The van der Waals surface area contributed by atoms with Gasteiger partial charge in [0, 0.05) is 32.6 Å². The molecule has 4 heterocycles. The molecular formula is C43H66N12O15. The van der Waals surface area contributed by atoms with Gasteiger partial charge in [0.1, 0.15) is 54.4 Å². The lowest BCUT2D eigenvalue weighted by molar-refractivity contribution is -0.148. The number of carbonyl (C=O) groups is 13. The van der Waals surface area contributed by atoms with Crippen molar-refractivity contribution in [2.75, 3.05) is 32.7 Å². The standard InChI is InChI=1S/C43H66N12O15/c1-21(44)35(62)47-22(2)36(63)48-23(3)40(67)53-16-6-10-28(53)38(65)46-20-31(56)50-26(19-33(59)60)37(64)51-25(13-14-32(57)58)42(69)54-17-7-11-29(54)39(66)49-24(4)41(68)55-18-8-12-30(55)43(70)52-15-5-9-27(52)34(45)61/h21-30H,5-20,44H2,1-4H3,(H2,45,61)(H,46,65)(H,47,62)(H,48,63)(H,49,66)(H,50,56)(H,51,64)(H,57,58)(H,59,60)/t21-,22-,23-,24-,25-,26-,27-,28-,29-,30-/m0/s1. The van der Waals surface area contributed by atoms with Crippen LogP contribution in [0.4, 0.5) is 0 Å². The Bertz CT molecular complexity index is 2070. The number of carbonyl (C=O) groups excluding carboxylic acids is 11. The summed E-state index contributed by atoms with van der Waals surface area (Å²) < 4.78 is 0. The van der Waals surface area contributed by atoms with Gasteiger partial charge in [-0.15, -0.1) is 0 Å². The number of amides is 11. The fourth-order valence-electron chi connectivity index (χ4n) is 9.00. The van der Waals surface area contributed by atoms with Crippen molar-refractivity contribution in [2.45, 2.75) is 159 Å². The van der Waals surface area contributed by atoms with E-state index in [0.29, 0.717) is 45.1 Å². The van der Waals surface area contributed by atoms with Crippen LogP contribution in [0.2, 0.25) is 0 Å². The van der Waals surface area contributed by atoms with E-state index in [9.17, 15) is 72.5 Å². The minimum absolute atomic E-state index is 0.0156. The summed E-state index contributed by atoms with van der Waals surface area (Å²) in [5.74, 6) is -11.1. The summed E-state index contributed by atoms with van der Waals surface area (Å²) in [5, 5.41) is 33.4. The topological polar surface area (TPSA) is 400 Å². The summed E-state index contributed by atoms with van der Waals surface area (Å²) in [5.41, 5.74) is 11.0. The van der Waals surface area contributed by atoms with Crippen molar-refractivity contribution in [2.24, 2.45) is 11.5 Å². The Balaban J connectivity index is 1.36. The van der Waals surface area contributed by atoms with E-state index in [1.165, 1.54) is 42.4 Å². The number of rotatable bonds is 22. The molecule has 70 heavy (non-hydrogen) atoms. The predicted molar refractivity (Wildman–Crippen MR) is 241 cm³/mol. The Hall–Kier alpha value is -6.93. The number of hydrogen-bond acceptors (Lipinski definition) is 14. The average Bonchev–Trinajstić information content (AvgIpc) is 4.15. The molecule has 388 valence electrons. The minimum atomic E-state index is -1.85. The van der Waals surface area contributed by atoms with Gasteiger partial charge in [0.25, 0.3) is 0 Å². The Labute approximate surface area is 403 Å². The number of aliphatic carboxylic acids is 2. The van der Waals surface area contributed by atoms with Crippen molar-refractivity contribution >= 4 is 76.9 Å². The number of nitrogens with two attached hydrogens (primary N) is 2. The zero-order valence-corrected chi connectivity index (χ0v) is 39.7. The smallest absolute Gasteiger partial charge is 0.305 e. The molecule has 11 amide bonds. The largest absolute Gasteiger partial charge is 0.481 e. The lowest BCUT2D eigenvalue weighted by atomic mass is 10.1. The maximum absolute atomic E-state index is 14.1. The molecule has 0 radical (unpaired) electrons.